The number of nitrogens with one attached hydrogen (secondary N) is 2. The third kappa shape index (κ3) is 6.60. The Bertz CT molecular complexity index is 1890. The van der Waals surface area contributed by atoms with Crippen LogP contribution >= 0.6 is 11.8 Å². The number of nitrogens with zero attached hydrogens (tertiary/aromatic N) is 4. The van der Waals surface area contributed by atoms with Gasteiger partial charge in [-0.3, -0.25) is 5.10 Å². The highest BCUT2D eigenvalue weighted by molar-refractivity contribution is 7.99. The largest absolute Gasteiger partial charge is 0.490 e. The van der Waals surface area contributed by atoms with E-state index in [0.29, 0.717) is 36.5 Å². The van der Waals surface area contributed by atoms with Crippen LogP contribution in [0.1, 0.15) is 37.9 Å². The van der Waals surface area contributed by atoms with E-state index >= 15 is 4.39 Å². The third-order valence-electron chi connectivity index (χ3n) is 7.86. The Kier molecular flexibility index (Phi) is 9.71. The van der Waals surface area contributed by atoms with Gasteiger partial charge in [-0.2, -0.15) is 5.10 Å². The number of aromatic nitrogens is 4. The molecule has 0 aliphatic carbocycles. The molecule has 2 N–H and O–H groups in total. The zero-order chi connectivity index (χ0) is 34.3. The topological polar surface area (TPSA) is 122 Å². The summed E-state index contributed by atoms with van der Waals surface area (Å²) in [6.07, 6.45) is 1.54. The fourth-order valence-electron chi connectivity index (χ4n) is 5.22. The minimum absolute atomic E-state index is 0.0202. The lowest BCUT2D eigenvalue weighted by atomic mass is 10.0. The molecule has 10 nitrogen and oxygen atoms in total. The van der Waals surface area contributed by atoms with Crippen molar-refractivity contribution in [3.05, 3.63) is 70.7 Å². The Morgan fingerprint density at radius 1 is 0.979 bits per heavy atom. The van der Waals surface area contributed by atoms with E-state index in [1.807, 2.05) is 11.8 Å². The van der Waals surface area contributed by atoms with Crippen LogP contribution in [0.5, 0.6) is 5.75 Å². The maximum Gasteiger partial charge on any atom is 0.204 e. The summed E-state index contributed by atoms with van der Waals surface area (Å²) in [7, 11) is -1.69. The van der Waals surface area contributed by atoms with E-state index in [9.17, 15) is 26.0 Å². The lowest BCUT2D eigenvalue weighted by Crippen LogP contribution is -2.37. The number of sulfone groups is 1. The minimum atomic E-state index is -4.81. The molecular weight excluding hydrogens is 667 g/mol. The van der Waals surface area contributed by atoms with Gasteiger partial charge in [-0.1, -0.05) is 0 Å². The molecule has 4 aromatic rings. The van der Waals surface area contributed by atoms with Crippen LogP contribution in [0.15, 0.2) is 45.3 Å². The second-order valence-electron chi connectivity index (χ2n) is 11.2. The molecule has 0 radical (unpaired) electrons. The fraction of sp³-hybridized carbons (Fsp3) is 0.367. The predicted molar refractivity (Wildman–Crippen MR) is 164 cm³/mol. The van der Waals surface area contributed by atoms with Crippen molar-refractivity contribution < 1.29 is 39.8 Å². The molecule has 1 fully saturated rings. The Balaban J connectivity index is 1.51. The number of hydrogen-bond acceptors (Lipinski definition) is 10. The van der Waals surface area contributed by atoms with Crippen molar-refractivity contribution in [2.24, 2.45) is 0 Å². The van der Waals surface area contributed by atoms with Gasteiger partial charge in [0.15, 0.2) is 55.7 Å². The van der Waals surface area contributed by atoms with Gasteiger partial charge < -0.3 is 19.7 Å². The quantitative estimate of drug-likeness (QED) is 0.109. The average molecular weight is 699 g/mol. The molecule has 2 aromatic heterocycles. The molecule has 47 heavy (non-hydrogen) atoms. The number of piperidine rings is 1. The van der Waals surface area contributed by atoms with E-state index < -0.39 is 54.1 Å². The zero-order valence-corrected chi connectivity index (χ0v) is 27.6. The van der Waals surface area contributed by atoms with Gasteiger partial charge >= 0.3 is 0 Å². The molecule has 0 unspecified atom stereocenters. The summed E-state index contributed by atoms with van der Waals surface area (Å²) in [5, 5.41) is 10.2. The molecule has 1 saturated heterocycles. The van der Waals surface area contributed by atoms with Crippen LogP contribution in [0.2, 0.25) is 0 Å². The van der Waals surface area contributed by atoms with Crippen molar-refractivity contribution in [2.75, 3.05) is 37.5 Å². The molecule has 17 heteroatoms. The smallest absolute Gasteiger partial charge is 0.204 e. The number of aryl methyl sites for hydroxylation is 1. The SMILES string of the molecule is COc1c(Nc2cc(C)[nH]n2)nc(Sc2ccc(S(=O)(=O)C(C)(C)c3c(F)c(F)cc(F)c3F)cc2F)nc1N1CCC(OC)CC1. The molecule has 1 aliphatic rings. The van der Waals surface area contributed by atoms with Crippen molar-refractivity contribution in [1.29, 1.82) is 0 Å². The van der Waals surface area contributed by atoms with E-state index in [1.165, 1.54) is 7.11 Å². The van der Waals surface area contributed by atoms with Gasteiger partial charge in [-0.15, -0.1) is 0 Å². The van der Waals surface area contributed by atoms with Crippen LogP contribution in [-0.2, 0) is 19.3 Å². The third-order valence-corrected chi connectivity index (χ3v) is 11.2. The fourth-order valence-corrected chi connectivity index (χ4v) is 7.52. The second kappa shape index (κ2) is 13.3. The predicted octanol–water partition coefficient (Wildman–Crippen LogP) is 6.43. The number of hydrogen-bond donors (Lipinski definition) is 2. The Labute approximate surface area is 272 Å². The molecule has 5 rings (SSSR count). The molecule has 0 atom stereocenters. The standard InChI is InChI=1S/C30H31F5N6O4S2/c1-15-12-22(40-39-15)36-27-26(45-5)28(41-10-8-16(44-4)9-11-41)38-29(37-27)46-21-7-6-17(13-18(21)31)47(42,43)30(2,3)23-24(34)19(32)14-20(33)25(23)35/h6-7,12-14,16H,8-11H2,1-5H3,(H2,36,37,38,39,40). The summed E-state index contributed by atoms with van der Waals surface area (Å²) in [4.78, 5) is 10.4. The van der Waals surface area contributed by atoms with E-state index in [0.717, 1.165) is 56.3 Å². The number of anilines is 3. The van der Waals surface area contributed by atoms with Crippen molar-refractivity contribution in [3.8, 4) is 5.75 Å². The molecule has 0 saturated carbocycles. The van der Waals surface area contributed by atoms with Gasteiger partial charge in [0.1, 0.15) is 10.6 Å². The van der Waals surface area contributed by atoms with Crippen LogP contribution in [-0.4, -0.2) is 62.0 Å². The summed E-state index contributed by atoms with van der Waals surface area (Å²) in [5.74, 6) is -6.83. The van der Waals surface area contributed by atoms with E-state index in [-0.39, 0.29) is 28.0 Å². The summed E-state index contributed by atoms with van der Waals surface area (Å²) in [5.41, 5.74) is -0.556. The lowest BCUT2D eigenvalue weighted by Gasteiger charge is -2.33. The monoisotopic (exact) mass is 698 g/mol. The molecule has 3 heterocycles. The number of ether oxygens (including phenoxy) is 2. The first-order chi connectivity index (χ1) is 22.2. The van der Waals surface area contributed by atoms with Crippen LogP contribution < -0.4 is 15.0 Å². The molecular formula is C30H31F5N6O4S2. The van der Waals surface area contributed by atoms with Gasteiger partial charge in [-0.25, -0.2) is 40.3 Å². The van der Waals surface area contributed by atoms with Gasteiger partial charge in [-0.05, 0) is 63.6 Å². The van der Waals surface area contributed by atoms with Crippen molar-refractivity contribution in [1.82, 2.24) is 20.2 Å². The van der Waals surface area contributed by atoms with E-state index in [4.69, 9.17) is 9.47 Å². The van der Waals surface area contributed by atoms with Crippen LogP contribution in [0.3, 0.4) is 0 Å². The minimum Gasteiger partial charge on any atom is -0.490 e. The van der Waals surface area contributed by atoms with Crippen molar-refractivity contribution >= 4 is 39.1 Å². The Hall–Kier alpha value is -3.96. The van der Waals surface area contributed by atoms with Crippen LogP contribution in [0.4, 0.5) is 39.4 Å². The first kappa shape index (κ1) is 34.4. The van der Waals surface area contributed by atoms with Gasteiger partial charge in [0.2, 0.25) is 5.75 Å². The first-order valence-electron chi connectivity index (χ1n) is 14.3. The van der Waals surface area contributed by atoms with Crippen LogP contribution in [0, 0.1) is 36.0 Å². The van der Waals surface area contributed by atoms with Gasteiger partial charge in [0.05, 0.1) is 28.6 Å². The molecule has 0 spiro atoms. The summed E-state index contributed by atoms with van der Waals surface area (Å²) in [6, 6.07) is 4.56. The maximum atomic E-state index is 15.6. The number of H-pyrrole nitrogens is 1. The van der Waals surface area contributed by atoms with Crippen molar-refractivity contribution in [3.63, 3.8) is 0 Å². The number of methoxy groups -OCH3 is 2. The normalized spacial score (nSPS) is 14.5. The summed E-state index contributed by atoms with van der Waals surface area (Å²) < 4.78 is 109. The number of rotatable bonds is 10. The molecule has 252 valence electrons. The first-order valence-corrected chi connectivity index (χ1v) is 16.6. The maximum absolute atomic E-state index is 15.6. The summed E-state index contributed by atoms with van der Waals surface area (Å²) >= 11 is 0.792. The Morgan fingerprint density at radius 2 is 1.64 bits per heavy atom. The van der Waals surface area contributed by atoms with Crippen LogP contribution in [0.25, 0.3) is 0 Å². The number of benzene rings is 2. The number of aromatic amines is 1. The highest BCUT2D eigenvalue weighted by Gasteiger charge is 2.44. The highest BCUT2D eigenvalue weighted by atomic mass is 32.2. The van der Waals surface area contributed by atoms with E-state index in [1.54, 1.807) is 13.2 Å². The second-order valence-corrected chi connectivity index (χ2v) is 14.8. The average Bonchev–Trinajstić information content (AvgIpc) is 3.44. The number of halogens is 5. The zero-order valence-electron chi connectivity index (χ0n) is 25.9. The Morgan fingerprint density at radius 3 is 2.19 bits per heavy atom. The molecule has 0 amide bonds. The molecule has 2 aromatic carbocycles. The van der Waals surface area contributed by atoms with E-state index in [2.05, 4.69) is 25.5 Å². The van der Waals surface area contributed by atoms with Gasteiger partial charge in [0, 0.05) is 38.0 Å². The highest BCUT2D eigenvalue weighted by Crippen LogP contribution is 2.42. The van der Waals surface area contributed by atoms with Gasteiger partial charge in [0.25, 0.3) is 0 Å². The molecule has 1 aliphatic heterocycles. The summed E-state index contributed by atoms with van der Waals surface area (Å²) in [6.45, 7) is 4.74. The lowest BCUT2D eigenvalue weighted by molar-refractivity contribution is 0.0817. The molecule has 0 bridgehead atoms. The van der Waals surface area contributed by atoms with Crippen molar-refractivity contribution in [2.45, 2.75) is 59.4 Å².